The summed E-state index contributed by atoms with van der Waals surface area (Å²) < 4.78 is 7.90. The van der Waals surface area contributed by atoms with E-state index in [1.165, 1.54) is 142 Å². The minimum atomic E-state index is -0.0879. The SMILES string of the molecule is CC1(C)CCC(C)(C)c2cc(N3c4cc5c(cc4B4c6c3cc(N(c3ccccc3)c3ccccc3)cc6N(c3ccc6c(c3)C(C)(C)CCC6(C)C)c3oc6cc7c(cc6c34)C3(C)CCC7(C)CC3)C3(C)CCC5(C)CC3)ccc21. The van der Waals surface area contributed by atoms with E-state index in [9.17, 15) is 0 Å². The van der Waals surface area contributed by atoms with Crippen LogP contribution in [0.5, 0.6) is 0 Å². The molecule has 5 heteroatoms. The summed E-state index contributed by atoms with van der Waals surface area (Å²) in [6.07, 6.45) is 14.6. The third kappa shape index (κ3) is 6.90. The molecule has 0 unspecified atom stereocenters. The minimum Gasteiger partial charge on any atom is -0.440 e. The van der Waals surface area contributed by atoms with Crippen LogP contribution in [0.1, 0.15) is 205 Å². The Morgan fingerprint density at radius 2 is 0.778 bits per heavy atom. The molecule has 0 amide bonds. The van der Waals surface area contributed by atoms with Crippen molar-refractivity contribution in [2.45, 2.75) is 203 Å². The smallest absolute Gasteiger partial charge is 0.257 e. The van der Waals surface area contributed by atoms with Gasteiger partial charge in [0.2, 0.25) is 5.88 Å². The molecule has 18 rings (SSSR count). The average Bonchev–Trinajstić information content (AvgIpc) is 3.68. The highest BCUT2D eigenvalue weighted by atomic mass is 16.4. The molecule has 2 aliphatic heterocycles. The van der Waals surface area contributed by atoms with Gasteiger partial charge >= 0.3 is 0 Å². The second kappa shape index (κ2) is 16.2. The molecular weight excluding hydrogens is 982 g/mol. The number of fused-ring (bicyclic) bond motifs is 12. The van der Waals surface area contributed by atoms with Gasteiger partial charge in [-0.2, -0.15) is 0 Å². The fourth-order valence-electron chi connectivity index (χ4n) is 18.1. The van der Waals surface area contributed by atoms with Crippen LogP contribution in [0.3, 0.4) is 0 Å². The number of benzene rings is 7. The Balaban J connectivity index is 1.07. The van der Waals surface area contributed by atoms with Gasteiger partial charge in [-0.25, -0.2) is 0 Å². The Morgan fingerprint density at radius 3 is 1.27 bits per heavy atom. The lowest BCUT2D eigenvalue weighted by Crippen LogP contribution is -2.62. The number of hydrogen-bond donors (Lipinski definition) is 0. The van der Waals surface area contributed by atoms with Gasteiger partial charge in [0.25, 0.3) is 6.71 Å². The zero-order valence-electron chi connectivity index (χ0n) is 50.5. The molecular formula is C76H82BN3O. The topological polar surface area (TPSA) is 22.9 Å². The Hall–Kier alpha value is -6.46. The molecule has 8 aromatic rings. The van der Waals surface area contributed by atoms with Crippen molar-refractivity contribution in [3.8, 4) is 0 Å². The summed E-state index contributed by atoms with van der Waals surface area (Å²) in [5.41, 5.74) is 27.6. The summed E-state index contributed by atoms with van der Waals surface area (Å²) in [6.45, 7) is 30.0. The zero-order valence-corrected chi connectivity index (χ0v) is 50.5. The molecule has 10 aliphatic rings. The standard InChI is InChI=1S/C76H82BN3O/c1-69(2)27-29-71(5,6)55-39-49(23-25-53(55)69)79-62-45-59-58(74(10)33-35-75(59,11)36-34-74)44-61(62)77-66-52-43-57-60(76(12)37-31-73(57,9)32-38-76)46-65(52)81-68(66)80(50-24-26-54-56(40-50)72(7,8)30-28-70(54,3)4)64-42-51(41-63(79)67(64)77)78(47-19-15-13-16-20-47)48-21-17-14-18-22-48/h13-26,39-46H,27-38H2,1-12H3. The van der Waals surface area contributed by atoms with Crippen molar-refractivity contribution >= 4 is 85.5 Å². The number of rotatable bonds is 5. The van der Waals surface area contributed by atoms with Crippen molar-refractivity contribution in [1.82, 2.24) is 0 Å². The molecule has 8 aliphatic carbocycles. The summed E-state index contributed by atoms with van der Waals surface area (Å²) in [7, 11) is 0. The summed E-state index contributed by atoms with van der Waals surface area (Å²) >= 11 is 0. The highest BCUT2D eigenvalue weighted by molar-refractivity contribution is 7.01. The summed E-state index contributed by atoms with van der Waals surface area (Å²) in [5, 5.41) is 1.29. The van der Waals surface area contributed by atoms with E-state index >= 15 is 0 Å². The molecule has 7 aromatic carbocycles. The van der Waals surface area contributed by atoms with Crippen LogP contribution in [-0.4, -0.2) is 6.71 Å². The van der Waals surface area contributed by atoms with Crippen molar-refractivity contribution in [3.63, 3.8) is 0 Å². The van der Waals surface area contributed by atoms with E-state index in [0.29, 0.717) is 0 Å². The van der Waals surface area contributed by atoms with Crippen molar-refractivity contribution in [2.75, 3.05) is 14.7 Å². The first-order chi connectivity index (χ1) is 38.5. The Morgan fingerprint density at radius 1 is 0.358 bits per heavy atom. The van der Waals surface area contributed by atoms with Gasteiger partial charge in [0.1, 0.15) is 5.58 Å². The fourth-order valence-corrected chi connectivity index (χ4v) is 18.1. The molecule has 3 heterocycles. The fraction of sp³-hybridized carbons (Fsp3) is 0.421. The van der Waals surface area contributed by atoms with Gasteiger partial charge < -0.3 is 14.2 Å². The van der Waals surface area contributed by atoms with Crippen LogP contribution >= 0.6 is 0 Å². The van der Waals surface area contributed by atoms with E-state index in [4.69, 9.17) is 4.42 Å². The molecule has 0 radical (unpaired) electrons. The van der Waals surface area contributed by atoms with Crippen LogP contribution in [0.2, 0.25) is 0 Å². The number of furan rings is 1. The van der Waals surface area contributed by atoms with Gasteiger partial charge in [-0.3, -0.25) is 4.90 Å². The Labute approximate surface area is 483 Å². The van der Waals surface area contributed by atoms with Crippen LogP contribution in [-0.2, 0) is 43.3 Å². The highest BCUT2D eigenvalue weighted by Gasteiger charge is 2.54. The van der Waals surface area contributed by atoms with Gasteiger partial charge in [-0.15, -0.1) is 0 Å². The van der Waals surface area contributed by atoms with Crippen LogP contribution in [0.15, 0.2) is 138 Å². The summed E-state index contributed by atoms with van der Waals surface area (Å²) in [6, 6.07) is 53.2. The van der Waals surface area contributed by atoms with Gasteiger partial charge in [0.15, 0.2) is 0 Å². The monoisotopic (exact) mass is 1060 g/mol. The molecule has 4 bridgehead atoms. The maximum Gasteiger partial charge on any atom is 0.257 e. The van der Waals surface area contributed by atoms with Crippen LogP contribution in [0.4, 0.5) is 51.4 Å². The number of hydrogen-bond acceptors (Lipinski definition) is 4. The predicted octanol–water partition coefficient (Wildman–Crippen LogP) is 18.9. The van der Waals surface area contributed by atoms with E-state index in [1.54, 1.807) is 16.7 Å². The molecule has 410 valence electrons. The van der Waals surface area contributed by atoms with Crippen molar-refractivity contribution in [2.24, 2.45) is 0 Å². The van der Waals surface area contributed by atoms with Gasteiger partial charge in [-0.05, 0) is 255 Å². The van der Waals surface area contributed by atoms with Crippen molar-refractivity contribution in [1.29, 1.82) is 0 Å². The molecule has 1 aromatic heterocycles. The third-order valence-electron chi connectivity index (χ3n) is 23.9. The zero-order chi connectivity index (χ0) is 55.8. The lowest BCUT2D eigenvalue weighted by Gasteiger charge is -2.53. The van der Waals surface area contributed by atoms with Crippen molar-refractivity contribution < 1.29 is 4.42 Å². The quantitative estimate of drug-likeness (QED) is 0.160. The Bertz CT molecular complexity index is 3950. The molecule has 81 heavy (non-hydrogen) atoms. The van der Waals surface area contributed by atoms with Gasteiger partial charge in [-0.1, -0.05) is 138 Å². The van der Waals surface area contributed by atoms with Crippen LogP contribution in [0, 0.1) is 0 Å². The van der Waals surface area contributed by atoms with E-state index in [-0.39, 0.29) is 50.0 Å². The van der Waals surface area contributed by atoms with Crippen LogP contribution < -0.4 is 31.1 Å². The second-order valence-corrected chi connectivity index (χ2v) is 30.9. The lowest BCUT2D eigenvalue weighted by atomic mass is 9.33. The molecule has 0 spiro atoms. The van der Waals surface area contributed by atoms with Gasteiger partial charge in [0.05, 0.1) is 5.69 Å². The van der Waals surface area contributed by atoms with Crippen molar-refractivity contribution in [3.05, 3.63) is 178 Å². The van der Waals surface area contributed by atoms with Crippen LogP contribution in [0.25, 0.3) is 11.0 Å². The first kappa shape index (κ1) is 50.3. The molecule has 0 N–H and O–H groups in total. The maximum absolute atomic E-state index is 7.90. The summed E-state index contributed by atoms with van der Waals surface area (Å²) in [4.78, 5) is 7.88. The molecule has 0 saturated heterocycles. The maximum atomic E-state index is 7.90. The molecule has 2 saturated carbocycles. The number of anilines is 9. The normalized spacial score (nSPS) is 26.9. The molecule has 2 fully saturated rings. The third-order valence-corrected chi connectivity index (χ3v) is 23.9. The average molecular weight is 1060 g/mol. The summed E-state index contributed by atoms with van der Waals surface area (Å²) in [5.74, 6) is 0.976. The second-order valence-electron chi connectivity index (χ2n) is 30.9. The van der Waals surface area contributed by atoms with E-state index in [1.807, 2.05) is 0 Å². The number of nitrogens with zero attached hydrogens (tertiary/aromatic N) is 3. The van der Waals surface area contributed by atoms with Gasteiger partial charge in [0, 0.05) is 50.7 Å². The number of para-hydroxylation sites is 2. The molecule has 4 nitrogen and oxygen atoms in total. The molecule has 0 atom stereocenters. The lowest BCUT2D eigenvalue weighted by molar-refractivity contribution is 0.188. The van der Waals surface area contributed by atoms with E-state index in [0.717, 1.165) is 41.4 Å². The van der Waals surface area contributed by atoms with E-state index < -0.39 is 0 Å². The van der Waals surface area contributed by atoms with E-state index in [2.05, 4.69) is 231 Å². The Kier molecular flexibility index (Phi) is 10.1. The minimum absolute atomic E-state index is 0.00750. The first-order valence-corrected chi connectivity index (χ1v) is 31.3. The first-order valence-electron chi connectivity index (χ1n) is 31.3. The largest absolute Gasteiger partial charge is 0.440 e. The predicted molar refractivity (Wildman–Crippen MR) is 342 cm³/mol. The highest BCUT2D eigenvalue weighted by Crippen LogP contribution is 2.61.